The summed E-state index contributed by atoms with van der Waals surface area (Å²) in [5, 5.41) is 0. The highest BCUT2D eigenvalue weighted by Gasteiger charge is 2.19. The number of hydrogen-bond donors (Lipinski definition) is 1. The molecule has 1 aliphatic rings. The maximum absolute atomic E-state index is 12.2. The van der Waals surface area contributed by atoms with Gasteiger partial charge in [-0.15, -0.1) is 0 Å². The van der Waals surface area contributed by atoms with Gasteiger partial charge in [0.05, 0.1) is 0 Å². The third-order valence-electron chi connectivity index (χ3n) is 4.28. The van der Waals surface area contributed by atoms with Gasteiger partial charge < -0.3 is 20.1 Å². The van der Waals surface area contributed by atoms with Crippen LogP contribution in [0.25, 0.3) is 0 Å². The average molecular weight is 306 g/mol. The summed E-state index contributed by atoms with van der Waals surface area (Å²) < 4.78 is 10.7. The van der Waals surface area contributed by atoms with Gasteiger partial charge >= 0.3 is 0 Å². The van der Waals surface area contributed by atoms with E-state index in [1.165, 1.54) is 0 Å². The highest BCUT2D eigenvalue weighted by Crippen LogP contribution is 2.32. The van der Waals surface area contributed by atoms with Gasteiger partial charge in [0.25, 0.3) is 0 Å². The molecule has 2 rings (SSSR count). The summed E-state index contributed by atoms with van der Waals surface area (Å²) in [5.74, 6) is 1.72. The van der Waals surface area contributed by atoms with Crippen molar-refractivity contribution in [1.82, 2.24) is 4.90 Å². The van der Waals surface area contributed by atoms with Crippen LogP contribution in [0, 0.1) is 0 Å². The molecule has 1 aliphatic heterocycles. The Kier molecular flexibility index (Phi) is 5.66. The highest BCUT2D eigenvalue weighted by atomic mass is 16.7. The number of likely N-dealkylation sites (N-methyl/N-ethyl adjacent to an activating group) is 1. The van der Waals surface area contributed by atoms with Gasteiger partial charge in [-0.25, -0.2) is 0 Å². The van der Waals surface area contributed by atoms with Crippen molar-refractivity contribution in [2.45, 2.75) is 51.6 Å². The molecule has 122 valence electrons. The molecule has 2 unspecified atom stereocenters. The zero-order valence-electron chi connectivity index (χ0n) is 13.7. The number of amides is 1. The van der Waals surface area contributed by atoms with Gasteiger partial charge in [-0.05, 0) is 43.9 Å². The van der Waals surface area contributed by atoms with Crippen molar-refractivity contribution in [2.75, 3.05) is 13.8 Å². The third-order valence-corrected chi connectivity index (χ3v) is 4.28. The number of nitrogens with zero attached hydrogens (tertiary/aromatic N) is 1. The Hall–Kier alpha value is -1.75. The fraction of sp³-hybridized carbons (Fsp3) is 0.588. The number of nitrogens with two attached hydrogens (primary N) is 1. The topological polar surface area (TPSA) is 64.8 Å². The Morgan fingerprint density at radius 2 is 2.09 bits per heavy atom. The van der Waals surface area contributed by atoms with Crippen molar-refractivity contribution >= 4 is 5.91 Å². The van der Waals surface area contributed by atoms with E-state index in [9.17, 15) is 4.79 Å². The van der Waals surface area contributed by atoms with Crippen molar-refractivity contribution in [1.29, 1.82) is 0 Å². The molecule has 0 saturated heterocycles. The van der Waals surface area contributed by atoms with Crippen LogP contribution in [0.4, 0.5) is 0 Å². The van der Waals surface area contributed by atoms with Gasteiger partial charge in [0.1, 0.15) is 0 Å². The molecule has 0 radical (unpaired) electrons. The predicted octanol–water partition coefficient (Wildman–Crippen LogP) is 2.32. The number of carbonyl (C=O) groups excluding carboxylic acids is 1. The second-order valence-corrected chi connectivity index (χ2v) is 5.95. The quantitative estimate of drug-likeness (QED) is 0.839. The van der Waals surface area contributed by atoms with E-state index in [2.05, 4.69) is 6.92 Å². The lowest BCUT2D eigenvalue weighted by Crippen LogP contribution is -2.37. The van der Waals surface area contributed by atoms with Crippen LogP contribution in [0.2, 0.25) is 0 Å². The van der Waals surface area contributed by atoms with Crippen LogP contribution in [-0.2, 0) is 11.2 Å². The lowest BCUT2D eigenvalue weighted by Gasteiger charge is -2.25. The van der Waals surface area contributed by atoms with Crippen LogP contribution in [0.3, 0.4) is 0 Å². The van der Waals surface area contributed by atoms with E-state index in [1.807, 2.05) is 37.1 Å². The number of rotatable bonds is 7. The summed E-state index contributed by atoms with van der Waals surface area (Å²) in [5.41, 5.74) is 7.02. The zero-order valence-corrected chi connectivity index (χ0v) is 13.7. The van der Waals surface area contributed by atoms with Crippen molar-refractivity contribution in [2.24, 2.45) is 5.73 Å². The first-order valence-electron chi connectivity index (χ1n) is 7.91. The third kappa shape index (κ3) is 4.13. The van der Waals surface area contributed by atoms with Gasteiger partial charge in [-0.2, -0.15) is 0 Å². The SMILES string of the molecule is CCC(N)CCC(=O)N(C)C(C)Cc1ccc2c(c1)OCO2. The van der Waals surface area contributed by atoms with Gasteiger partial charge in [0.2, 0.25) is 12.7 Å². The molecule has 2 N–H and O–H groups in total. The van der Waals surface area contributed by atoms with E-state index in [0.29, 0.717) is 6.42 Å². The number of benzene rings is 1. The molecule has 0 fully saturated rings. The summed E-state index contributed by atoms with van der Waals surface area (Å²) in [6, 6.07) is 6.18. The van der Waals surface area contributed by atoms with Crippen LogP contribution in [0.15, 0.2) is 18.2 Å². The zero-order chi connectivity index (χ0) is 16.1. The van der Waals surface area contributed by atoms with Gasteiger partial charge in [0, 0.05) is 25.6 Å². The maximum atomic E-state index is 12.2. The average Bonchev–Trinajstić information content (AvgIpc) is 2.98. The van der Waals surface area contributed by atoms with Crippen molar-refractivity contribution < 1.29 is 14.3 Å². The summed E-state index contributed by atoms with van der Waals surface area (Å²) in [4.78, 5) is 14.0. The Balaban J connectivity index is 1.88. The van der Waals surface area contributed by atoms with Crippen LogP contribution < -0.4 is 15.2 Å². The second-order valence-electron chi connectivity index (χ2n) is 5.95. The summed E-state index contributed by atoms with van der Waals surface area (Å²) >= 11 is 0. The first-order chi connectivity index (χ1) is 10.5. The molecule has 0 saturated carbocycles. The van der Waals surface area contributed by atoms with Crippen LogP contribution in [0.5, 0.6) is 11.5 Å². The minimum absolute atomic E-state index is 0.113. The van der Waals surface area contributed by atoms with Crippen LogP contribution in [-0.4, -0.2) is 36.7 Å². The smallest absolute Gasteiger partial charge is 0.231 e. The molecule has 0 aliphatic carbocycles. The minimum Gasteiger partial charge on any atom is -0.454 e. The van der Waals surface area contributed by atoms with Crippen molar-refractivity contribution in [3.05, 3.63) is 23.8 Å². The lowest BCUT2D eigenvalue weighted by molar-refractivity contribution is -0.131. The van der Waals surface area contributed by atoms with E-state index >= 15 is 0 Å². The Morgan fingerprint density at radius 1 is 1.36 bits per heavy atom. The summed E-state index contributed by atoms with van der Waals surface area (Å²) in [6.45, 7) is 4.38. The first kappa shape index (κ1) is 16.6. The standard InChI is InChI=1S/C17H26N2O3/c1-4-14(18)6-8-17(20)19(3)12(2)9-13-5-7-15-16(10-13)22-11-21-15/h5,7,10,12,14H,4,6,8-9,11,18H2,1-3H3. The Bertz CT molecular complexity index is 519. The molecule has 2 atom stereocenters. The summed E-state index contributed by atoms with van der Waals surface area (Å²) in [6.07, 6.45) is 2.95. The fourth-order valence-electron chi connectivity index (χ4n) is 2.48. The Morgan fingerprint density at radius 3 is 2.82 bits per heavy atom. The molecule has 5 heteroatoms. The van der Waals surface area contributed by atoms with Gasteiger partial charge in [-0.3, -0.25) is 4.79 Å². The fourth-order valence-corrected chi connectivity index (χ4v) is 2.48. The van der Waals surface area contributed by atoms with E-state index in [-0.39, 0.29) is 24.8 Å². The van der Waals surface area contributed by atoms with E-state index < -0.39 is 0 Å². The highest BCUT2D eigenvalue weighted by molar-refractivity contribution is 5.76. The molecule has 0 bridgehead atoms. The van der Waals surface area contributed by atoms with Gasteiger partial charge in [-0.1, -0.05) is 13.0 Å². The van der Waals surface area contributed by atoms with E-state index in [4.69, 9.17) is 15.2 Å². The van der Waals surface area contributed by atoms with E-state index in [0.717, 1.165) is 36.3 Å². The predicted molar refractivity (Wildman–Crippen MR) is 86.0 cm³/mol. The molecule has 0 aromatic heterocycles. The normalized spacial score (nSPS) is 15.5. The molecule has 1 heterocycles. The first-order valence-corrected chi connectivity index (χ1v) is 7.91. The molecule has 22 heavy (non-hydrogen) atoms. The van der Waals surface area contributed by atoms with Crippen LogP contribution in [0.1, 0.15) is 38.7 Å². The second kappa shape index (κ2) is 7.49. The lowest BCUT2D eigenvalue weighted by atomic mass is 10.0. The monoisotopic (exact) mass is 306 g/mol. The molecule has 0 spiro atoms. The number of fused-ring (bicyclic) bond motifs is 1. The minimum atomic E-state index is 0.113. The molecule has 1 aromatic carbocycles. The van der Waals surface area contributed by atoms with Crippen LogP contribution >= 0.6 is 0 Å². The van der Waals surface area contributed by atoms with E-state index in [1.54, 1.807) is 0 Å². The Labute approximate surface area is 132 Å². The maximum Gasteiger partial charge on any atom is 0.231 e. The molecular formula is C17H26N2O3. The van der Waals surface area contributed by atoms with Gasteiger partial charge in [0.15, 0.2) is 11.5 Å². The largest absolute Gasteiger partial charge is 0.454 e. The van der Waals surface area contributed by atoms with Crippen molar-refractivity contribution in [3.8, 4) is 11.5 Å². The molecular weight excluding hydrogens is 280 g/mol. The molecule has 5 nitrogen and oxygen atoms in total. The van der Waals surface area contributed by atoms with Crippen molar-refractivity contribution in [3.63, 3.8) is 0 Å². The molecule has 1 aromatic rings. The number of carbonyl (C=O) groups is 1. The number of hydrogen-bond acceptors (Lipinski definition) is 4. The summed E-state index contributed by atoms with van der Waals surface area (Å²) in [7, 11) is 1.86. The number of ether oxygens (including phenoxy) is 2. The molecule has 1 amide bonds.